The first-order chi connectivity index (χ1) is 7.67. The zero-order chi connectivity index (χ0) is 12.0. The van der Waals surface area contributed by atoms with E-state index in [4.69, 9.17) is 4.74 Å². The number of benzene rings is 1. The molecule has 1 unspecified atom stereocenters. The molecule has 0 saturated heterocycles. The highest BCUT2D eigenvalue weighted by atomic mass is 16.5. The van der Waals surface area contributed by atoms with Crippen molar-refractivity contribution in [1.82, 2.24) is 5.32 Å². The minimum Gasteiger partial charge on any atom is -0.375 e. The number of carbonyl (C=O) groups is 1. The molecular formula is C12H18N2O2. The van der Waals surface area contributed by atoms with Crippen molar-refractivity contribution in [3.63, 3.8) is 0 Å². The molecule has 0 spiro atoms. The van der Waals surface area contributed by atoms with Gasteiger partial charge in [-0.3, -0.25) is 4.79 Å². The molecule has 1 aromatic rings. The number of ether oxygens (including phenoxy) is 1. The summed E-state index contributed by atoms with van der Waals surface area (Å²) in [5.41, 5.74) is 1.93. The molecule has 2 N–H and O–H groups in total. The van der Waals surface area contributed by atoms with Crippen molar-refractivity contribution < 1.29 is 9.53 Å². The van der Waals surface area contributed by atoms with Crippen molar-refractivity contribution in [1.29, 1.82) is 0 Å². The van der Waals surface area contributed by atoms with Gasteiger partial charge in [-0.05, 0) is 31.7 Å². The van der Waals surface area contributed by atoms with E-state index in [-0.39, 0.29) is 18.6 Å². The number of hydrogen-bond acceptors (Lipinski definition) is 3. The fraction of sp³-hybridized carbons (Fsp3) is 0.417. The molecule has 88 valence electrons. The molecule has 0 aliphatic rings. The lowest BCUT2D eigenvalue weighted by atomic mass is 10.1. The maximum Gasteiger partial charge on any atom is 0.250 e. The number of methoxy groups -OCH3 is 1. The van der Waals surface area contributed by atoms with Crippen LogP contribution in [0.1, 0.15) is 18.5 Å². The first-order valence-electron chi connectivity index (χ1n) is 5.23. The first kappa shape index (κ1) is 12.7. The van der Waals surface area contributed by atoms with Gasteiger partial charge in [-0.2, -0.15) is 0 Å². The smallest absolute Gasteiger partial charge is 0.250 e. The molecule has 0 saturated carbocycles. The second-order valence-electron chi connectivity index (χ2n) is 3.62. The summed E-state index contributed by atoms with van der Waals surface area (Å²) in [6, 6.07) is 8.02. The summed E-state index contributed by atoms with van der Waals surface area (Å²) < 4.78 is 4.75. The number of hydrogen-bond donors (Lipinski definition) is 2. The van der Waals surface area contributed by atoms with Crippen molar-refractivity contribution in [2.75, 3.05) is 26.1 Å². The first-order valence-corrected chi connectivity index (χ1v) is 5.23. The Morgan fingerprint density at radius 3 is 2.88 bits per heavy atom. The average Bonchev–Trinajstić information content (AvgIpc) is 2.28. The maximum absolute atomic E-state index is 11.3. The Balaban J connectivity index is 2.71. The molecule has 0 aliphatic heterocycles. The van der Waals surface area contributed by atoms with Gasteiger partial charge in [0.25, 0.3) is 0 Å². The average molecular weight is 222 g/mol. The van der Waals surface area contributed by atoms with Crippen molar-refractivity contribution in [3.05, 3.63) is 29.8 Å². The van der Waals surface area contributed by atoms with Gasteiger partial charge in [0.2, 0.25) is 5.91 Å². The summed E-state index contributed by atoms with van der Waals surface area (Å²) in [4.78, 5) is 11.3. The van der Waals surface area contributed by atoms with E-state index in [2.05, 4.69) is 17.6 Å². The number of carbonyl (C=O) groups excluding carboxylic acids is 1. The Morgan fingerprint density at radius 2 is 2.25 bits per heavy atom. The predicted octanol–water partition coefficient (Wildman–Crippen LogP) is 1.55. The molecule has 1 rings (SSSR count). The lowest BCUT2D eigenvalue weighted by Gasteiger charge is -2.12. The number of rotatable bonds is 5. The molecule has 4 heteroatoms. The Kier molecular flexibility index (Phi) is 4.95. The van der Waals surface area contributed by atoms with Gasteiger partial charge >= 0.3 is 0 Å². The SMILES string of the molecule is CNC(C)c1cccc(NC(=O)COC)c1. The summed E-state index contributed by atoms with van der Waals surface area (Å²) in [6.45, 7) is 2.14. The minimum atomic E-state index is -0.142. The molecule has 0 aliphatic carbocycles. The largest absolute Gasteiger partial charge is 0.375 e. The number of anilines is 1. The van der Waals surface area contributed by atoms with Crippen LogP contribution in [0.15, 0.2) is 24.3 Å². The molecule has 1 atom stereocenters. The lowest BCUT2D eigenvalue weighted by molar-refractivity contribution is -0.119. The van der Waals surface area contributed by atoms with Gasteiger partial charge in [0.1, 0.15) is 6.61 Å². The fourth-order valence-corrected chi connectivity index (χ4v) is 1.38. The highest BCUT2D eigenvalue weighted by molar-refractivity contribution is 5.91. The zero-order valence-electron chi connectivity index (χ0n) is 9.91. The maximum atomic E-state index is 11.3. The fourth-order valence-electron chi connectivity index (χ4n) is 1.38. The summed E-state index contributed by atoms with van der Waals surface area (Å²) in [5, 5.41) is 5.92. The van der Waals surface area contributed by atoms with Crippen LogP contribution >= 0.6 is 0 Å². The zero-order valence-corrected chi connectivity index (χ0v) is 9.91. The van der Waals surface area contributed by atoms with E-state index in [0.29, 0.717) is 0 Å². The van der Waals surface area contributed by atoms with E-state index < -0.39 is 0 Å². The van der Waals surface area contributed by atoms with E-state index in [9.17, 15) is 4.79 Å². The second-order valence-corrected chi connectivity index (χ2v) is 3.62. The van der Waals surface area contributed by atoms with Gasteiger partial charge in [0.05, 0.1) is 0 Å². The number of amides is 1. The molecule has 0 aromatic heterocycles. The van der Waals surface area contributed by atoms with Crippen LogP contribution in [0, 0.1) is 0 Å². The summed E-state index contributed by atoms with van der Waals surface area (Å²) in [7, 11) is 3.40. The van der Waals surface area contributed by atoms with Crippen LogP contribution in [0.25, 0.3) is 0 Å². The summed E-state index contributed by atoms with van der Waals surface area (Å²) >= 11 is 0. The van der Waals surface area contributed by atoms with Crippen molar-refractivity contribution in [2.24, 2.45) is 0 Å². The molecule has 4 nitrogen and oxygen atoms in total. The van der Waals surface area contributed by atoms with E-state index in [1.54, 1.807) is 0 Å². The Morgan fingerprint density at radius 1 is 1.50 bits per heavy atom. The monoisotopic (exact) mass is 222 g/mol. The second kappa shape index (κ2) is 6.25. The molecule has 16 heavy (non-hydrogen) atoms. The van der Waals surface area contributed by atoms with Crippen LogP contribution in [0.5, 0.6) is 0 Å². The van der Waals surface area contributed by atoms with Crippen LogP contribution in [0.3, 0.4) is 0 Å². The van der Waals surface area contributed by atoms with Gasteiger partial charge in [0, 0.05) is 18.8 Å². The van der Waals surface area contributed by atoms with Crippen LogP contribution in [0.2, 0.25) is 0 Å². The van der Waals surface area contributed by atoms with Gasteiger partial charge in [-0.25, -0.2) is 0 Å². The summed E-state index contributed by atoms with van der Waals surface area (Å²) in [5.74, 6) is -0.142. The number of nitrogens with one attached hydrogen (secondary N) is 2. The Hall–Kier alpha value is -1.39. The van der Waals surface area contributed by atoms with E-state index in [1.165, 1.54) is 7.11 Å². The quantitative estimate of drug-likeness (QED) is 0.794. The standard InChI is InChI=1S/C12H18N2O2/c1-9(13-2)10-5-4-6-11(7-10)14-12(15)8-16-3/h4-7,9,13H,8H2,1-3H3,(H,14,15). The van der Waals surface area contributed by atoms with Crippen molar-refractivity contribution >= 4 is 11.6 Å². The van der Waals surface area contributed by atoms with E-state index in [0.717, 1.165) is 11.3 Å². The molecule has 0 radical (unpaired) electrons. The van der Waals surface area contributed by atoms with Crippen LogP contribution in [-0.2, 0) is 9.53 Å². The van der Waals surface area contributed by atoms with E-state index in [1.807, 2.05) is 31.3 Å². The van der Waals surface area contributed by atoms with Gasteiger partial charge < -0.3 is 15.4 Å². The third-order valence-corrected chi connectivity index (χ3v) is 2.38. The normalized spacial score (nSPS) is 12.2. The molecule has 1 aromatic carbocycles. The Bertz CT molecular complexity index is 353. The highest BCUT2D eigenvalue weighted by Gasteiger charge is 2.05. The highest BCUT2D eigenvalue weighted by Crippen LogP contribution is 2.16. The third-order valence-electron chi connectivity index (χ3n) is 2.38. The molecular weight excluding hydrogens is 204 g/mol. The lowest BCUT2D eigenvalue weighted by Crippen LogP contribution is -2.18. The van der Waals surface area contributed by atoms with Crippen molar-refractivity contribution in [2.45, 2.75) is 13.0 Å². The Labute approximate surface area is 96.0 Å². The molecule has 1 amide bonds. The predicted molar refractivity (Wildman–Crippen MR) is 64.4 cm³/mol. The molecule has 0 bridgehead atoms. The van der Waals surface area contributed by atoms with Crippen LogP contribution in [0.4, 0.5) is 5.69 Å². The summed E-state index contributed by atoms with van der Waals surface area (Å²) in [6.07, 6.45) is 0. The van der Waals surface area contributed by atoms with Gasteiger partial charge in [-0.1, -0.05) is 12.1 Å². The topological polar surface area (TPSA) is 50.4 Å². The van der Waals surface area contributed by atoms with Gasteiger partial charge in [-0.15, -0.1) is 0 Å². The van der Waals surface area contributed by atoms with Crippen LogP contribution < -0.4 is 10.6 Å². The third kappa shape index (κ3) is 3.64. The van der Waals surface area contributed by atoms with Gasteiger partial charge in [0.15, 0.2) is 0 Å². The van der Waals surface area contributed by atoms with E-state index >= 15 is 0 Å². The molecule has 0 fully saturated rings. The minimum absolute atomic E-state index is 0.0752. The molecule has 0 heterocycles. The van der Waals surface area contributed by atoms with Crippen LogP contribution in [-0.4, -0.2) is 26.7 Å². The van der Waals surface area contributed by atoms with Crippen molar-refractivity contribution in [3.8, 4) is 0 Å².